The zero-order chi connectivity index (χ0) is 32.6. The maximum atomic E-state index is 13.3. The summed E-state index contributed by atoms with van der Waals surface area (Å²) >= 11 is 3.30. The van der Waals surface area contributed by atoms with Gasteiger partial charge in [-0.1, -0.05) is 26.0 Å². The number of hydrogen-bond donors (Lipinski definition) is 3. The molecule has 0 spiro atoms. The van der Waals surface area contributed by atoms with Crippen LogP contribution in [0, 0.1) is 22.7 Å². The molecule has 3 aliphatic rings. The molecule has 4 atom stereocenters. The highest BCUT2D eigenvalue weighted by Crippen LogP contribution is 2.59. The van der Waals surface area contributed by atoms with E-state index in [2.05, 4.69) is 45.4 Å². The van der Waals surface area contributed by atoms with Crippen molar-refractivity contribution in [2.24, 2.45) is 17.3 Å². The van der Waals surface area contributed by atoms with Crippen LogP contribution in [-0.2, 0) is 14.4 Å². The van der Waals surface area contributed by atoms with E-state index in [9.17, 15) is 14.4 Å². The fourth-order valence-corrected chi connectivity index (χ4v) is 7.60. The van der Waals surface area contributed by atoms with E-state index in [4.69, 9.17) is 15.4 Å². The molecule has 2 aliphatic carbocycles. The lowest BCUT2D eigenvalue weighted by atomic mass is 9.51. The molecule has 0 radical (unpaired) electrons. The van der Waals surface area contributed by atoms with Gasteiger partial charge in [-0.25, -0.2) is 15.0 Å². The van der Waals surface area contributed by atoms with Crippen LogP contribution in [0.25, 0.3) is 11.1 Å². The monoisotopic (exact) mass is 685 g/mol. The van der Waals surface area contributed by atoms with E-state index in [0.29, 0.717) is 58.3 Å². The zero-order valence-electron chi connectivity index (χ0n) is 26.5. The Kier molecular flexibility index (Phi) is 9.05. The first-order valence-electron chi connectivity index (χ1n) is 16.0. The van der Waals surface area contributed by atoms with Crippen molar-refractivity contribution in [2.75, 3.05) is 23.7 Å². The minimum absolute atomic E-state index is 0.0887. The first kappa shape index (κ1) is 32.0. The van der Waals surface area contributed by atoms with Gasteiger partial charge in [-0.2, -0.15) is 0 Å². The molecule has 4 unspecified atom stereocenters. The lowest BCUT2D eigenvalue weighted by Crippen LogP contribution is -2.45. The lowest BCUT2D eigenvalue weighted by Gasteiger charge is -2.54. The number of Topliss-reactive ketones (excluding diaryl/α,β-unsaturated/α-hetero) is 1. The van der Waals surface area contributed by atoms with Gasteiger partial charge < -0.3 is 15.5 Å². The number of aromatic nitrogens is 3. The fraction of sp³-hybridized carbons (Fsp3) is 0.457. The number of amides is 2. The second-order valence-corrected chi connectivity index (χ2v) is 14.2. The van der Waals surface area contributed by atoms with Gasteiger partial charge >= 0.3 is 0 Å². The number of likely N-dealkylation sites (tertiary alicyclic amines) is 1. The summed E-state index contributed by atoms with van der Waals surface area (Å²) in [4.78, 5) is 54.0. The molecule has 3 heterocycles. The van der Waals surface area contributed by atoms with Gasteiger partial charge in [0.2, 0.25) is 11.8 Å². The molecule has 3 fully saturated rings. The first-order chi connectivity index (χ1) is 22.0. The summed E-state index contributed by atoms with van der Waals surface area (Å²) in [5.74, 6) is 2.20. The Morgan fingerprint density at radius 2 is 1.83 bits per heavy atom. The van der Waals surface area contributed by atoms with Gasteiger partial charge in [0, 0.05) is 48.6 Å². The average Bonchev–Trinajstić information content (AvgIpc) is 3.52. The van der Waals surface area contributed by atoms with E-state index in [1.165, 1.54) is 26.2 Å². The van der Waals surface area contributed by atoms with Gasteiger partial charge in [-0.15, -0.1) is 0 Å². The zero-order valence-corrected chi connectivity index (χ0v) is 28.1. The molecule has 1 aromatic carbocycles. The number of rotatable bonds is 10. The van der Waals surface area contributed by atoms with Gasteiger partial charge in [-0.3, -0.25) is 19.8 Å². The second kappa shape index (κ2) is 13.0. The van der Waals surface area contributed by atoms with Gasteiger partial charge in [0.25, 0.3) is 0 Å². The Morgan fingerprint density at radius 1 is 1.04 bits per heavy atom. The summed E-state index contributed by atoms with van der Waals surface area (Å²) in [6.45, 7) is 6.48. The molecule has 6 rings (SSSR count). The minimum atomic E-state index is -0.606. The number of carbonyl (C=O) groups excluding carboxylic acids is 3. The third-order valence-corrected chi connectivity index (χ3v) is 10.6. The van der Waals surface area contributed by atoms with E-state index in [1.54, 1.807) is 35.2 Å². The van der Waals surface area contributed by atoms with Gasteiger partial charge in [0.05, 0.1) is 6.54 Å². The van der Waals surface area contributed by atoms with Crippen molar-refractivity contribution < 1.29 is 14.4 Å². The van der Waals surface area contributed by atoms with Crippen molar-refractivity contribution in [3.63, 3.8) is 0 Å². The van der Waals surface area contributed by atoms with Crippen molar-refractivity contribution in [1.82, 2.24) is 19.9 Å². The minimum Gasteiger partial charge on any atom is -0.376 e. The van der Waals surface area contributed by atoms with Crippen molar-refractivity contribution in [3.05, 3.63) is 64.8 Å². The van der Waals surface area contributed by atoms with Crippen LogP contribution in [0.1, 0.15) is 76.6 Å². The highest BCUT2D eigenvalue weighted by atomic mass is 79.9. The van der Waals surface area contributed by atoms with Gasteiger partial charge in [0.1, 0.15) is 28.0 Å². The molecule has 3 N–H and O–H groups in total. The number of nitrogens with one attached hydrogen (secondary N) is 3. The normalized spacial score (nSPS) is 23.2. The predicted molar refractivity (Wildman–Crippen MR) is 181 cm³/mol. The summed E-state index contributed by atoms with van der Waals surface area (Å²) < 4.78 is 0.603. The standard InChI is InChI=1S/C35H40BrN7O3/c1-20(44)32(37)25-16-21(22-17-39-33(40-18-22)24-11-10-23(24)26-13-14-35(26,2)3)9-12-27(25)38-19-31(45)43-15-5-6-28(43)34(46)42-30-8-4-7-29(36)41-30/h4,7-9,12,16-18,23-24,26,28,37-38H,5-6,10-11,13-15,19H2,1-3H3,(H,41,42,46). The molecule has 2 aromatic heterocycles. The highest BCUT2D eigenvalue weighted by molar-refractivity contribution is 9.10. The number of pyridine rings is 1. The second-order valence-electron chi connectivity index (χ2n) is 13.4. The van der Waals surface area contributed by atoms with E-state index in [0.717, 1.165) is 29.3 Å². The first-order valence-corrected chi connectivity index (χ1v) is 16.8. The Morgan fingerprint density at radius 3 is 2.46 bits per heavy atom. The van der Waals surface area contributed by atoms with Crippen LogP contribution in [0.2, 0.25) is 0 Å². The number of benzene rings is 1. The number of nitrogens with zero attached hydrogens (tertiary/aromatic N) is 4. The van der Waals surface area contributed by atoms with Crippen molar-refractivity contribution in [2.45, 2.75) is 71.3 Å². The number of hydrogen-bond acceptors (Lipinski definition) is 8. The maximum Gasteiger partial charge on any atom is 0.248 e. The molecule has 10 nitrogen and oxygen atoms in total. The van der Waals surface area contributed by atoms with Crippen LogP contribution in [0.3, 0.4) is 0 Å². The number of ketones is 1. The number of carbonyl (C=O) groups is 3. The average molecular weight is 687 g/mol. The number of anilines is 2. The van der Waals surface area contributed by atoms with E-state index in [-0.39, 0.29) is 29.9 Å². The van der Waals surface area contributed by atoms with E-state index in [1.807, 2.05) is 18.5 Å². The largest absolute Gasteiger partial charge is 0.376 e. The Bertz CT molecular complexity index is 1670. The van der Waals surface area contributed by atoms with Gasteiger partial charge in [-0.05, 0) is 102 Å². The SMILES string of the molecule is CC(=O)C(=N)c1cc(-c2cnc(C3CCC3C3CCC3(C)C)nc2)ccc1NCC(=O)N1CCCC1C(=O)Nc1cccc(Br)n1. The summed E-state index contributed by atoms with van der Waals surface area (Å²) in [6.07, 6.45) is 9.89. The van der Waals surface area contributed by atoms with Crippen LogP contribution in [0.5, 0.6) is 0 Å². The summed E-state index contributed by atoms with van der Waals surface area (Å²) in [7, 11) is 0. The smallest absolute Gasteiger partial charge is 0.248 e. The van der Waals surface area contributed by atoms with Crippen LogP contribution in [0.15, 0.2) is 53.4 Å². The maximum absolute atomic E-state index is 13.3. The molecule has 46 heavy (non-hydrogen) atoms. The summed E-state index contributed by atoms with van der Waals surface area (Å²) in [6, 6.07) is 10.1. The topological polar surface area (TPSA) is 141 Å². The molecule has 3 aromatic rings. The lowest BCUT2D eigenvalue weighted by molar-refractivity contribution is -0.135. The van der Waals surface area contributed by atoms with Crippen LogP contribution in [-0.4, -0.2) is 62.3 Å². The van der Waals surface area contributed by atoms with E-state index < -0.39 is 6.04 Å². The highest BCUT2D eigenvalue weighted by Gasteiger charge is 2.49. The molecule has 2 saturated carbocycles. The van der Waals surface area contributed by atoms with E-state index >= 15 is 0 Å². The van der Waals surface area contributed by atoms with Crippen molar-refractivity contribution in [3.8, 4) is 11.1 Å². The van der Waals surface area contributed by atoms with Crippen molar-refractivity contribution in [1.29, 1.82) is 5.41 Å². The third-order valence-electron chi connectivity index (χ3n) is 10.2. The number of halogens is 1. The van der Waals surface area contributed by atoms with Crippen LogP contribution in [0.4, 0.5) is 11.5 Å². The molecule has 1 saturated heterocycles. The Hall–Kier alpha value is -3.99. The molecule has 11 heteroatoms. The van der Waals surface area contributed by atoms with Crippen LogP contribution < -0.4 is 10.6 Å². The quantitative estimate of drug-likeness (QED) is 0.170. The third kappa shape index (κ3) is 6.47. The molecular weight excluding hydrogens is 646 g/mol. The predicted octanol–water partition coefficient (Wildman–Crippen LogP) is 6.23. The van der Waals surface area contributed by atoms with Crippen LogP contribution >= 0.6 is 15.9 Å². The Labute approximate surface area is 277 Å². The fourth-order valence-electron chi connectivity index (χ4n) is 7.26. The van der Waals surface area contributed by atoms with Gasteiger partial charge in [0.15, 0.2) is 5.78 Å². The summed E-state index contributed by atoms with van der Waals surface area (Å²) in [5, 5.41) is 14.4. The molecule has 2 amide bonds. The Balaban J connectivity index is 1.13. The molecule has 0 bridgehead atoms. The molecular formula is C35H40BrN7O3. The van der Waals surface area contributed by atoms with Crippen molar-refractivity contribution >= 4 is 50.7 Å². The summed E-state index contributed by atoms with van der Waals surface area (Å²) in [5.41, 5.74) is 2.72. The molecule has 240 valence electrons. The molecule has 1 aliphatic heterocycles.